The molecule has 1 aliphatic rings. The van der Waals surface area contributed by atoms with Crippen LogP contribution in [-0.2, 0) is 4.74 Å². The molecule has 0 saturated heterocycles. The summed E-state index contributed by atoms with van der Waals surface area (Å²) in [6.45, 7) is 2.41. The summed E-state index contributed by atoms with van der Waals surface area (Å²) in [5, 5.41) is 14.9. The zero-order chi connectivity index (χ0) is 18.8. The molecule has 2 heterocycles. The van der Waals surface area contributed by atoms with Crippen molar-refractivity contribution in [3.05, 3.63) is 59.8 Å². The minimum Gasteiger partial charge on any atom is -0.507 e. The Morgan fingerprint density at radius 1 is 1.30 bits per heavy atom. The molecule has 4 rings (SSSR count). The van der Waals surface area contributed by atoms with E-state index in [2.05, 4.69) is 10.3 Å². The van der Waals surface area contributed by atoms with E-state index >= 15 is 0 Å². The van der Waals surface area contributed by atoms with Gasteiger partial charge < -0.3 is 19.9 Å². The van der Waals surface area contributed by atoms with Gasteiger partial charge in [0, 0.05) is 16.6 Å². The summed E-state index contributed by atoms with van der Waals surface area (Å²) in [7, 11) is 0. The first kappa shape index (κ1) is 16.9. The average molecular weight is 362 g/mol. The van der Waals surface area contributed by atoms with E-state index < -0.39 is 5.97 Å². The van der Waals surface area contributed by atoms with Gasteiger partial charge in [-0.1, -0.05) is 24.3 Å². The molecule has 2 aromatic carbocycles. The molecule has 0 spiro atoms. The Hall–Kier alpha value is -3.54. The van der Waals surface area contributed by atoms with Gasteiger partial charge >= 0.3 is 5.97 Å². The van der Waals surface area contributed by atoms with Gasteiger partial charge in [-0.25, -0.2) is 9.78 Å². The lowest BCUT2D eigenvalue weighted by molar-refractivity contribution is 0.0520. The number of ether oxygens (including phenoxy) is 2. The zero-order valence-corrected chi connectivity index (χ0v) is 14.7. The van der Waals surface area contributed by atoms with Gasteiger partial charge in [-0.2, -0.15) is 0 Å². The van der Waals surface area contributed by atoms with Crippen LogP contribution in [0.1, 0.15) is 23.0 Å². The largest absolute Gasteiger partial charge is 0.507 e. The highest BCUT2D eigenvalue weighted by molar-refractivity contribution is 6.06. The van der Waals surface area contributed by atoms with E-state index in [1.165, 1.54) is 0 Å². The van der Waals surface area contributed by atoms with Crippen LogP contribution in [0.3, 0.4) is 0 Å². The molecule has 6 heteroatoms. The minimum atomic E-state index is -0.529. The van der Waals surface area contributed by atoms with Crippen molar-refractivity contribution >= 4 is 34.3 Å². The number of fused-ring (bicyclic) bond motifs is 3. The number of hydrogen-bond acceptors (Lipinski definition) is 6. The van der Waals surface area contributed by atoms with Crippen molar-refractivity contribution in [3.8, 4) is 11.5 Å². The third-order valence-corrected chi connectivity index (χ3v) is 4.22. The smallest absolute Gasteiger partial charge is 0.357 e. The number of carbonyl (C=O) groups is 1. The molecule has 2 N–H and O–H groups in total. The van der Waals surface area contributed by atoms with Crippen molar-refractivity contribution in [1.82, 2.24) is 4.98 Å². The highest BCUT2D eigenvalue weighted by Crippen LogP contribution is 2.42. The van der Waals surface area contributed by atoms with Crippen LogP contribution in [0.5, 0.6) is 11.5 Å². The highest BCUT2D eigenvalue weighted by Gasteiger charge is 2.21. The van der Waals surface area contributed by atoms with E-state index in [-0.39, 0.29) is 18.1 Å². The van der Waals surface area contributed by atoms with Gasteiger partial charge in [0.15, 0.2) is 5.69 Å². The van der Waals surface area contributed by atoms with E-state index in [1.54, 1.807) is 19.1 Å². The zero-order valence-electron chi connectivity index (χ0n) is 14.7. The van der Waals surface area contributed by atoms with Crippen molar-refractivity contribution < 1.29 is 19.4 Å². The molecule has 0 fully saturated rings. The topological polar surface area (TPSA) is 80.7 Å². The molecule has 0 bridgehead atoms. The predicted molar refractivity (Wildman–Crippen MR) is 104 cm³/mol. The summed E-state index contributed by atoms with van der Waals surface area (Å²) in [6, 6.07) is 12.7. The summed E-state index contributed by atoms with van der Waals surface area (Å²) in [5.74, 6) is 0.494. The second kappa shape index (κ2) is 6.99. The normalized spacial score (nSPS) is 12.3. The Kier molecular flexibility index (Phi) is 4.38. The van der Waals surface area contributed by atoms with E-state index in [0.29, 0.717) is 28.9 Å². The highest BCUT2D eigenvalue weighted by atomic mass is 16.5. The Bertz CT molecular complexity index is 1050. The number of esters is 1. The molecule has 0 amide bonds. The van der Waals surface area contributed by atoms with Gasteiger partial charge in [-0.15, -0.1) is 0 Å². The fourth-order valence-electron chi connectivity index (χ4n) is 3.07. The third-order valence-electron chi connectivity index (χ3n) is 4.22. The van der Waals surface area contributed by atoms with Gasteiger partial charge in [0.25, 0.3) is 0 Å². The van der Waals surface area contributed by atoms with E-state index in [0.717, 1.165) is 11.3 Å². The maximum atomic E-state index is 12.3. The quantitative estimate of drug-likeness (QED) is 0.675. The van der Waals surface area contributed by atoms with Crippen molar-refractivity contribution in [2.45, 2.75) is 6.92 Å². The number of para-hydroxylation sites is 1. The molecule has 1 aliphatic heterocycles. The number of benzene rings is 2. The summed E-state index contributed by atoms with van der Waals surface area (Å²) >= 11 is 0. The average Bonchev–Trinajstić information content (AvgIpc) is 2.68. The molecule has 1 aromatic heterocycles. The maximum absolute atomic E-state index is 12.3. The monoisotopic (exact) mass is 362 g/mol. The lowest BCUT2D eigenvalue weighted by Gasteiger charge is -2.19. The Morgan fingerprint density at radius 2 is 2.11 bits per heavy atom. The number of aromatic nitrogens is 1. The number of pyridine rings is 1. The van der Waals surface area contributed by atoms with Crippen LogP contribution in [0.15, 0.2) is 48.5 Å². The van der Waals surface area contributed by atoms with Crippen LogP contribution in [0.25, 0.3) is 16.8 Å². The molecule has 6 nitrogen and oxygen atoms in total. The SMILES string of the molecule is CCOC(=O)c1cc2c3c(cc(O)c2c(Nc2ccccc2)n1)C=CCO3. The van der Waals surface area contributed by atoms with Crippen LogP contribution in [-0.4, -0.2) is 29.3 Å². The number of nitrogens with zero attached hydrogens (tertiary/aromatic N) is 1. The molecule has 0 saturated carbocycles. The van der Waals surface area contributed by atoms with Crippen LogP contribution in [0.4, 0.5) is 11.5 Å². The second-order valence-corrected chi connectivity index (χ2v) is 6.02. The van der Waals surface area contributed by atoms with Crippen molar-refractivity contribution in [2.75, 3.05) is 18.5 Å². The number of carbonyl (C=O) groups excluding carboxylic acids is 1. The van der Waals surface area contributed by atoms with Gasteiger partial charge in [-0.05, 0) is 37.3 Å². The number of phenolic OH excluding ortho intramolecular Hbond substituents is 1. The number of rotatable bonds is 4. The van der Waals surface area contributed by atoms with E-state index in [4.69, 9.17) is 9.47 Å². The minimum absolute atomic E-state index is 0.0558. The fraction of sp³-hybridized carbons (Fsp3) is 0.143. The van der Waals surface area contributed by atoms with Crippen LogP contribution in [0, 0.1) is 0 Å². The van der Waals surface area contributed by atoms with Gasteiger partial charge in [0.05, 0.1) is 12.0 Å². The Balaban J connectivity index is 1.96. The van der Waals surface area contributed by atoms with Crippen LogP contribution in [0.2, 0.25) is 0 Å². The standard InChI is InChI=1S/C21H18N2O4/c1-2-26-21(25)16-12-15-18(17(24)11-13-7-6-10-27-19(13)15)20(23-16)22-14-8-4-3-5-9-14/h3-9,11-12,24H,2,10H2,1H3,(H,22,23). The molecule has 0 atom stereocenters. The van der Waals surface area contributed by atoms with Crippen LogP contribution >= 0.6 is 0 Å². The molecular formula is C21H18N2O4. The lowest BCUT2D eigenvalue weighted by atomic mass is 10.0. The molecule has 0 aliphatic carbocycles. The van der Waals surface area contributed by atoms with Crippen molar-refractivity contribution in [2.24, 2.45) is 0 Å². The third kappa shape index (κ3) is 3.17. The first-order valence-corrected chi connectivity index (χ1v) is 8.66. The molecule has 0 radical (unpaired) electrons. The summed E-state index contributed by atoms with van der Waals surface area (Å²) in [4.78, 5) is 16.7. The summed E-state index contributed by atoms with van der Waals surface area (Å²) < 4.78 is 10.9. The predicted octanol–water partition coefficient (Wildman–Crippen LogP) is 4.27. The second-order valence-electron chi connectivity index (χ2n) is 6.02. The van der Waals surface area contributed by atoms with E-state index in [1.807, 2.05) is 42.5 Å². The molecule has 136 valence electrons. The first-order chi connectivity index (χ1) is 13.2. The van der Waals surface area contributed by atoms with E-state index in [9.17, 15) is 9.90 Å². The maximum Gasteiger partial charge on any atom is 0.357 e. The molecule has 0 unspecified atom stereocenters. The van der Waals surface area contributed by atoms with Gasteiger partial charge in [0.1, 0.15) is 23.9 Å². The number of phenols is 1. The van der Waals surface area contributed by atoms with Crippen LogP contribution < -0.4 is 10.1 Å². The Labute approximate surface area is 156 Å². The summed E-state index contributed by atoms with van der Waals surface area (Å²) in [6.07, 6.45) is 3.75. The number of anilines is 2. The van der Waals surface area contributed by atoms with Crippen molar-refractivity contribution in [1.29, 1.82) is 0 Å². The van der Waals surface area contributed by atoms with Gasteiger partial charge in [-0.3, -0.25) is 0 Å². The number of aromatic hydroxyl groups is 1. The molecule has 3 aromatic rings. The van der Waals surface area contributed by atoms with Crippen molar-refractivity contribution in [3.63, 3.8) is 0 Å². The number of hydrogen-bond donors (Lipinski definition) is 2. The van der Waals surface area contributed by atoms with Gasteiger partial charge in [0.2, 0.25) is 0 Å². The summed E-state index contributed by atoms with van der Waals surface area (Å²) in [5.41, 5.74) is 1.68. The lowest BCUT2D eigenvalue weighted by Crippen LogP contribution is -2.10. The fourth-order valence-corrected chi connectivity index (χ4v) is 3.07. The first-order valence-electron chi connectivity index (χ1n) is 8.66. The molecule has 27 heavy (non-hydrogen) atoms. The Morgan fingerprint density at radius 3 is 2.89 bits per heavy atom. The molecular weight excluding hydrogens is 344 g/mol. The number of nitrogens with one attached hydrogen (secondary N) is 1.